The number of amides is 2. The Bertz CT molecular complexity index is 739. The predicted octanol–water partition coefficient (Wildman–Crippen LogP) is 2.29. The van der Waals surface area contributed by atoms with Crippen LogP contribution in [0.25, 0.3) is 0 Å². The summed E-state index contributed by atoms with van der Waals surface area (Å²) < 4.78 is 13.9. The normalized spacial score (nSPS) is 10.7. The van der Waals surface area contributed by atoms with Gasteiger partial charge in [-0.1, -0.05) is 60.7 Å². The van der Waals surface area contributed by atoms with Gasteiger partial charge < -0.3 is 15.4 Å². The van der Waals surface area contributed by atoms with Crippen LogP contribution in [-0.2, 0) is 27.1 Å². The molecule has 150 valence electrons. The minimum absolute atomic E-state index is 0.167. The van der Waals surface area contributed by atoms with Gasteiger partial charge in [-0.05, 0) is 18.1 Å². The first-order valence-electron chi connectivity index (χ1n) is 8.56. The number of hydrogen-bond donors (Lipinski definition) is 4. The van der Waals surface area contributed by atoms with E-state index >= 15 is 0 Å². The topological polar surface area (TPSA) is 125 Å². The maximum atomic E-state index is 12.2. The van der Waals surface area contributed by atoms with Gasteiger partial charge in [0.1, 0.15) is 12.6 Å². The molecule has 0 radical (unpaired) electrons. The van der Waals surface area contributed by atoms with E-state index in [1.54, 1.807) is 0 Å². The molecule has 0 fully saturated rings. The van der Waals surface area contributed by atoms with Crippen LogP contribution in [0.15, 0.2) is 60.7 Å². The van der Waals surface area contributed by atoms with Crippen molar-refractivity contribution in [1.82, 2.24) is 10.6 Å². The van der Waals surface area contributed by atoms with Crippen molar-refractivity contribution in [2.45, 2.75) is 26.0 Å². The third-order valence-electron chi connectivity index (χ3n) is 3.45. The van der Waals surface area contributed by atoms with Gasteiger partial charge in [-0.25, -0.2) is 4.79 Å². The fraction of sp³-hybridized carbons (Fsp3) is 0.263. The fourth-order valence-corrected chi connectivity index (χ4v) is 2.26. The lowest BCUT2D eigenvalue weighted by atomic mass is 10.1. The number of rotatable bonds is 7. The van der Waals surface area contributed by atoms with E-state index in [1.165, 1.54) is 0 Å². The van der Waals surface area contributed by atoms with Gasteiger partial charge >= 0.3 is 14.3 Å². The SMILES string of the molecule is CCNC(=O)[C@H](Cc1ccccc1)NC(=O)OCc1ccccc1.O=[P+](O)O. The molecule has 0 unspecified atom stereocenters. The molecule has 2 rings (SSSR count). The summed E-state index contributed by atoms with van der Waals surface area (Å²) in [5.74, 6) is -0.224. The summed E-state index contributed by atoms with van der Waals surface area (Å²) in [4.78, 5) is 38.4. The number of benzene rings is 2. The summed E-state index contributed by atoms with van der Waals surface area (Å²) in [5.41, 5.74) is 1.86. The van der Waals surface area contributed by atoms with Gasteiger partial charge in [-0.2, -0.15) is 0 Å². The Balaban J connectivity index is 0.000000892. The highest BCUT2D eigenvalue weighted by Gasteiger charge is 2.21. The summed E-state index contributed by atoms with van der Waals surface area (Å²) in [6, 6.07) is 18.3. The van der Waals surface area contributed by atoms with Crippen molar-refractivity contribution in [2.75, 3.05) is 6.54 Å². The molecule has 0 aliphatic carbocycles. The van der Waals surface area contributed by atoms with Crippen LogP contribution in [0.4, 0.5) is 4.79 Å². The standard InChI is InChI=1S/C19H22N2O3.HO3P/c1-2-20-18(22)17(13-15-9-5-3-6-10-15)21-19(23)24-14-16-11-7-4-8-12-16;1-4(2)3/h3-12,17H,2,13-14H2,1H3,(H,20,22)(H,21,23);(H-,1,2,3)/p+1/t17-;/m0./s1. The van der Waals surface area contributed by atoms with E-state index < -0.39 is 20.4 Å². The second kappa shape index (κ2) is 13.4. The predicted molar refractivity (Wildman–Crippen MR) is 104 cm³/mol. The average molecular weight is 407 g/mol. The molecule has 0 heterocycles. The molecule has 2 aromatic carbocycles. The number of ether oxygens (including phenoxy) is 1. The van der Waals surface area contributed by atoms with Crippen molar-refractivity contribution in [3.05, 3.63) is 71.8 Å². The zero-order valence-electron chi connectivity index (χ0n) is 15.4. The molecule has 0 spiro atoms. The lowest BCUT2D eigenvalue weighted by molar-refractivity contribution is -0.122. The second-order valence-electron chi connectivity index (χ2n) is 5.60. The zero-order chi connectivity index (χ0) is 20.8. The molecule has 0 aliphatic rings. The Morgan fingerprint density at radius 1 is 1.00 bits per heavy atom. The van der Waals surface area contributed by atoms with Gasteiger partial charge in [0.25, 0.3) is 0 Å². The fourth-order valence-electron chi connectivity index (χ4n) is 2.26. The van der Waals surface area contributed by atoms with Crippen LogP contribution < -0.4 is 10.6 Å². The first-order valence-corrected chi connectivity index (χ1v) is 9.72. The number of nitrogens with one attached hydrogen (secondary N) is 2. The van der Waals surface area contributed by atoms with Crippen molar-refractivity contribution < 1.29 is 28.7 Å². The minimum Gasteiger partial charge on any atom is -0.445 e. The molecular weight excluding hydrogens is 383 g/mol. The van der Waals surface area contributed by atoms with Crippen LogP contribution >= 0.6 is 8.25 Å². The van der Waals surface area contributed by atoms with Crippen molar-refractivity contribution in [2.24, 2.45) is 0 Å². The third-order valence-corrected chi connectivity index (χ3v) is 3.45. The van der Waals surface area contributed by atoms with Crippen LogP contribution in [0, 0.1) is 0 Å². The summed E-state index contributed by atoms with van der Waals surface area (Å²) >= 11 is 0. The number of hydrogen-bond acceptors (Lipinski definition) is 4. The first kappa shape index (κ1) is 23.2. The highest BCUT2D eigenvalue weighted by Crippen LogP contribution is 2.05. The lowest BCUT2D eigenvalue weighted by Gasteiger charge is -2.18. The van der Waals surface area contributed by atoms with E-state index in [0.717, 1.165) is 11.1 Å². The quantitative estimate of drug-likeness (QED) is 0.522. The molecule has 1 atom stereocenters. The van der Waals surface area contributed by atoms with E-state index in [4.69, 9.17) is 19.1 Å². The molecule has 2 amide bonds. The Kier molecular flexibility index (Phi) is 11.1. The summed E-state index contributed by atoms with van der Waals surface area (Å²) in [7, 11) is -2.87. The summed E-state index contributed by atoms with van der Waals surface area (Å²) in [5, 5.41) is 5.38. The molecule has 0 aliphatic heterocycles. The van der Waals surface area contributed by atoms with Gasteiger partial charge in [0.2, 0.25) is 5.91 Å². The Hall–Kier alpha value is -2.80. The molecule has 2 aromatic rings. The largest absolute Gasteiger partial charge is 0.692 e. The molecule has 0 saturated carbocycles. The molecule has 4 N–H and O–H groups in total. The Morgan fingerprint density at radius 3 is 2.00 bits per heavy atom. The molecule has 8 nitrogen and oxygen atoms in total. The summed E-state index contributed by atoms with van der Waals surface area (Å²) in [6.45, 7) is 2.51. The van der Waals surface area contributed by atoms with Gasteiger partial charge in [0, 0.05) is 17.5 Å². The highest BCUT2D eigenvalue weighted by atomic mass is 31.1. The molecule has 9 heteroatoms. The second-order valence-corrected chi connectivity index (χ2v) is 6.10. The monoisotopic (exact) mass is 407 g/mol. The molecule has 28 heavy (non-hydrogen) atoms. The van der Waals surface area contributed by atoms with Crippen molar-refractivity contribution in [3.63, 3.8) is 0 Å². The number of carbonyl (C=O) groups excluding carboxylic acids is 2. The van der Waals surface area contributed by atoms with Crippen LogP contribution in [-0.4, -0.2) is 34.4 Å². The van der Waals surface area contributed by atoms with Crippen molar-refractivity contribution in [3.8, 4) is 0 Å². The molecular formula is C19H24N2O6P+. The Labute approximate surface area is 164 Å². The number of likely N-dealkylation sites (N-methyl/N-ethyl adjacent to an activating group) is 1. The minimum atomic E-state index is -2.87. The lowest BCUT2D eigenvalue weighted by Crippen LogP contribution is -2.48. The average Bonchev–Trinajstić information content (AvgIpc) is 2.67. The van der Waals surface area contributed by atoms with E-state index in [0.29, 0.717) is 13.0 Å². The first-order chi connectivity index (χ1) is 13.4. The van der Waals surface area contributed by atoms with Gasteiger partial charge in [0.05, 0.1) is 0 Å². The van der Waals surface area contributed by atoms with Gasteiger partial charge in [-0.3, -0.25) is 4.79 Å². The number of carbonyl (C=O) groups is 2. The van der Waals surface area contributed by atoms with Crippen LogP contribution in [0.3, 0.4) is 0 Å². The van der Waals surface area contributed by atoms with E-state index in [1.807, 2.05) is 67.6 Å². The summed E-state index contributed by atoms with van der Waals surface area (Å²) in [6.07, 6.45) is -0.196. The maximum absolute atomic E-state index is 12.2. The van der Waals surface area contributed by atoms with E-state index in [2.05, 4.69) is 10.6 Å². The zero-order valence-corrected chi connectivity index (χ0v) is 16.3. The highest BCUT2D eigenvalue weighted by molar-refractivity contribution is 7.30. The molecule has 0 bridgehead atoms. The van der Waals surface area contributed by atoms with Crippen LogP contribution in [0.5, 0.6) is 0 Å². The third kappa shape index (κ3) is 10.4. The van der Waals surface area contributed by atoms with Crippen LogP contribution in [0.2, 0.25) is 0 Å². The molecule has 0 saturated heterocycles. The van der Waals surface area contributed by atoms with Crippen molar-refractivity contribution >= 4 is 20.3 Å². The van der Waals surface area contributed by atoms with Crippen molar-refractivity contribution in [1.29, 1.82) is 0 Å². The maximum Gasteiger partial charge on any atom is 0.692 e. The van der Waals surface area contributed by atoms with E-state index in [-0.39, 0.29) is 12.5 Å². The van der Waals surface area contributed by atoms with Gasteiger partial charge in [0.15, 0.2) is 0 Å². The number of alkyl carbamates (subject to hydrolysis) is 1. The Morgan fingerprint density at radius 2 is 1.50 bits per heavy atom. The van der Waals surface area contributed by atoms with E-state index in [9.17, 15) is 9.59 Å². The smallest absolute Gasteiger partial charge is 0.445 e. The van der Waals surface area contributed by atoms with Gasteiger partial charge in [-0.15, -0.1) is 9.79 Å². The molecule has 0 aromatic heterocycles. The van der Waals surface area contributed by atoms with Crippen LogP contribution in [0.1, 0.15) is 18.1 Å².